The number of aliphatic carboxylic acids is 1. The van der Waals surface area contributed by atoms with Crippen LogP contribution in [0, 0.1) is 16.2 Å². The third kappa shape index (κ3) is 1.68. The van der Waals surface area contributed by atoms with Gasteiger partial charge in [0.2, 0.25) is 0 Å². The van der Waals surface area contributed by atoms with Gasteiger partial charge < -0.3 is 5.11 Å². The summed E-state index contributed by atoms with van der Waals surface area (Å²) in [6.07, 6.45) is 2.18. The van der Waals surface area contributed by atoms with Gasteiger partial charge in [-0.15, -0.1) is 0 Å². The molecular weight excluding hydrogens is 264 g/mol. The van der Waals surface area contributed by atoms with Crippen LogP contribution in [0.15, 0.2) is 35.4 Å². The van der Waals surface area contributed by atoms with Crippen LogP contribution in [-0.4, -0.2) is 16.8 Å². The number of rotatable bonds is 3. The summed E-state index contributed by atoms with van der Waals surface area (Å²) in [6.45, 7) is 6.33. The van der Waals surface area contributed by atoms with Crippen molar-refractivity contribution in [3.05, 3.63) is 30.3 Å². The topological polar surface area (TPSA) is 61.7 Å². The molecule has 1 aromatic carbocycles. The van der Waals surface area contributed by atoms with Crippen LogP contribution >= 0.6 is 0 Å². The van der Waals surface area contributed by atoms with E-state index in [1.807, 2.05) is 30.3 Å². The Labute approximate surface area is 125 Å². The van der Waals surface area contributed by atoms with Gasteiger partial charge in [0.25, 0.3) is 0 Å². The molecular formula is C17H22N2O2. The van der Waals surface area contributed by atoms with Gasteiger partial charge in [-0.3, -0.25) is 10.2 Å². The number of hydrogen-bond acceptors (Lipinski definition) is 3. The molecule has 0 aromatic heterocycles. The van der Waals surface area contributed by atoms with Crippen molar-refractivity contribution in [1.29, 1.82) is 0 Å². The second kappa shape index (κ2) is 4.33. The molecule has 21 heavy (non-hydrogen) atoms. The number of nitrogens with one attached hydrogen (secondary N) is 1. The van der Waals surface area contributed by atoms with E-state index in [1.54, 1.807) is 0 Å². The Hall–Kier alpha value is -1.84. The first-order chi connectivity index (χ1) is 9.83. The first-order valence-corrected chi connectivity index (χ1v) is 7.45. The van der Waals surface area contributed by atoms with Crippen LogP contribution in [0.2, 0.25) is 0 Å². The predicted molar refractivity (Wildman–Crippen MR) is 83.3 cm³/mol. The van der Waals surface area contributed by atoms with Gasteiger partial charge in [-0.2, -0.15) is 5.10 Å². The Balaban J connectivity index is 1.94. The minimum atomic E-state index is -0.680. The van der Waals surface area contributed by atoms with Crippen molar-refractivity contribution in [2.45, 2.75) is 40.0 Å². The summed E-state index contributed by atoms with van der Waals surface area (Å²) in [4.78, 5) is 11.9. The molecule has 2 bridgehead atoms. The van der Waals surface area contributed by atoms with E-state index in [-0.39, 0.29) is 10.8 Å². The van der Waals surface area contributed by atoms with Gasteiger partial charge >= 0.3 is 5.97 Å². The fourth-order valence-electron chi connectivity index (χ4n) is 4.17. The van der Waals surface area contributed by atoms with Crippen molar-refractivity contribution in [3.8, 4) is 0 Å². The molecule has 2 unspecified atom stereocenters. The van der Waals surface area contributed by atoms with Crippen molar-refractivity contribution in [1.82, 2.24) is 0 Å². The summed E-state index contributed by atoms with van der Waals surface area (Å²) >= 11 is 0. The Morgan fingerprint density at radius 3 is 2.43 bits per heavy atom. The Kier molecular flexibility index (Phi) is 2.91. The van der Waals surface area contributed by atoms with Gasteiger partial charge in [0.1, 0.15) is 0 Å². The van der Waals surface area contributed by atoms with Crippen molar-refractivity contribution >= 4 is 17.4 Å². The van der Waals surface area contributed by atoms with Gasteiger partial charge in [-0.05, 0) is 30.4 Å². The predicted octanol–water partition coefficient (Wildman–Crippen LogP) is 3.76. The fourth-order valence-corrected chi connectivity index (χ4v) is 4.17. The normalized spacial score (nSPS) is 35.1. The molecule has 0 spiro atoms. The fraction of sp³-hybridized carbons (Fsp3) is 0.529. The standard InChI is InChI=1S/C17H22N2O2/c1-15(2)16(3)9-10-17(15,14(20)21)11-13(16)19-18-12-7-5-4-6-8-12/h4-8,18H,9-11H2,1-3H3,(H,20,21)/b19-13-. The zero-order chi connectivity index (χ0) is 15.3. The molecule has 2 saturated carbocycles. The van der Waals surface area contributed by atoms with Crippen LogP contribution in [0.4, 0.5) is 5.69 Å². The lowest BCUT2D eigenvalue weighted by atomic mass is 9.65. The second-order valence-electron chi connectivity index (χ2n) is 7.06. The summed E-state index contributed by atoms with van der Waals surface area (Å²) in [5, 5.41) is 14.3. The monoisotopic (exact) mass is 286 g/mol. The first-order valence-electron chi connectivity index (χ1n) is 7.45. The highest BCUT2D eigenvalue weighted by atomic mass is 16.4. The van der Waals surface area contributed by atoms with Crippen molar-refractivity contribution in [2.75, 3.05) is 5.43 Å². The van der Waals surface area contributed by atoms with Gasteiger partial charge in [0, 0.05) is 17.5 Å². The van der Waals surface area contributed by atoms with Crippen LogP contribution in [0.1, 0.15) is 40.0 Å². The van der Waals surface area contributed by atoms with Crippen LogP contribution < -0.4 is 5.43 Å². The Morgan fingerprint density at radius 1 is 1.19 bits per heavy atom. The van der Waals surface area contributed by atoms with Gasteiger partial charge in [0.15, 0.2) is 0 Å². The van der Waals surface area contributed by atoms with Crippen LogP contribution in [-0.2, 0) is 4.79 Å². The highest BCUT2D eigenvalue weighted by Gasteiger charge is 2.71. The molecule has 4 heteroatoms. The summed E-state index contributed by atoms with van der Waals surface area (Å²) in [7, 11) is 0. The zero-order valence-corrected chi connectivity index (χ0v) is 12.8. The number of hydrazone groups is 1. The Bertz CT molecular complexity index is 608. The van der Waals surface area contributed by atoms with E-state index in [9.17, 15) is 9.90 Å². The average Bonchev–Trinajstić information content (AvgIpc) is 2.76. The minimum absolute atomic E-state index is 0.146. The lowest BCUT2D eigenvalue weighted by Crippen LogP contribution is -2.40. The molecule has 2 atom stereocenters. The lowest BCUT2D eigenvalue weighted by molar-refractivity contribution is -0.154. The van der Waals surface area contributed by atoms with E-state index in [2.05, 4.69) is 31.3 Å². The van der Waals surface area contributed by atoms with Crippen LogP contribution in [0.5, 0.6) is 0 Å². The smallest absolute Gasteiger partial charge is 0.310 e. The number of fused-ring (bicyclic) bond motifs is 2. The number of carboxylic acid groups (broad SMARTS) is 1. The third-order valence-electron chi connectivity index (χ3n) is 6.24. The highest BCUT2D eigenvalue weighted by molar-refractivity contribution is 6.01. The molecule has 112 valence electrons. The summed E-state index contributed by atoms with van der Waals surface area (Å²) < 4.78 is 0. The molecule has 0 saturated heterocycles. The van der Waals surface area contributed by atoms with Crippen molar-refractivity contribution in [3.63, 3.8) is 0 Å². The second-order valence-corrected chi connectivity index (χ2v) is 7.06. The van der Waals surface area contributed by atoms with Gasteiger partial charge in [-0.1, -0.05) is 39.0 Å². The number of para-hydroxylation sites is 1. The molecule has 2 aliphatic carbocycles. The molecule has 3 rings (SSSR count). The molecule has 0 heterocycles. The summed E-state index contributed by atoms with van der Waals surface area (Å²) in [6, 6.07) is 9.77. The maximum absolute atomic E-state index is 11.9. The molecule has 4 nitrogen and oxygen atoms in total. The van der Waals surface area contributed by atoms with Crippen LogP contribution in [0.3, 0.4) is 0 Å². The molecule has 0 amide bonds. The van der Waals surface area contributed by atoms with Crippen molar-refractivity contribution < 1.29 is 9.90 Å². The van der Waals surface area contributed by atoms with Crippen molar-refractivity contribution in [2.24, 2.45) is 21.3 Å². The highest BCUT2D eigenvalue weighted by Crippen LogP contribution is 2.70. The number of benzene rings is 1. The number of anilines is 1. The third-order valence-corrected chi connectivity index (χ3v) is 6.24. The summed E-state index contributed by atoms with van der Waals surface area (Å²) in [5.41, 5.74) is 3.92. The SMILES string of the molecule is CC12CCC(C(=O)O)(C/C1=N/Nc1ccccc1)C2(C)C. The van der Waals surface area contributed by atoms with Crippen LogP contribution in [0.25, 0.3) is 0 Å². The zero-order valence-electron chi connectivity index (χ0n) is 12.8. The van der Waals surface area contributed by atoms with E-state index in [0.29, 0.717) is 6.42 Å². The number of carboxylic acids is 1. The quantitative estimate of drug-likeness (QED) is 0.832. The van der Waals surface area contributed by atoms with E-state index in [1.165, 1.54) is 0 Å². The number of carbonyl (C=O) groups is 1. The lowest BCUT2D eigenvalue weighted by Gasteiger charge is -2.37. The number of nitrogens with zero attached hydrogens (tertiary/aromatic N) is 1. The molecule has 2 aliphatic rings. The molecule has 0 aliphatic heterocycles. The van der Waals surface area contributed by atoms with E-state index in [4.69, 9.17) is 0 Å². The van der Waals surface area contributed by atoms with Gasteiger partial charge in [-0.25, -0.2) is 0 Å². The first kappa shape index (κ1) is 14.1. The van der Waals surface area contributed by atoms with E-state index < -0.39 is 11.4 Å². The largest absolute Gasteiger partial charge is 0.481 e. The molecule has 2 N–H and O–H groups in total. The average molecular weight is 286 g/mol. The molecule has 1 aromatic rings. The Morgan fingerprint density at radius 2 is 1.86 bits per heavy atom. The minimum Gasteiger partial charge on any atom is -0.481 e. The number of hydrogen-bond donors (Lipinski definition) is 2. The maximum atomic E-state index is 11.9. The van der Waals surface area contributed by atoms with E-state index >= 15 is 0 Å². The maximum Gasteiger partial charge on any atom is 0.310 e. The van der Waals surface area contributed by atoms with E-state index in [0.717, 1.165) is 24.2 Å². The molecule has 2 fully saturated rings. The summed E-state index contributed by atoms with van der Waals surface area (Å²) in [5.74, 6) is -0.680. The molecule has 0 radical (unpaired) electrons. The van der Waals surface area contributed by atoms with Gasteiger partial charge in [0.05, 0.1) is 11.1 Å².